The van der Waals surface area contributed by atoms with E-state index >= 15 is 0 Å². The van der Waals surface area contributed by atoms with Gasteiger partial charge in [-0.3, -0.25) is 14.5 Å². The van der Waals surface area contributed by atoms with Crippen LogP contribution >= 0.6 is 0 Å². The highest BCUT2D eigenvalue weighted by molar-refractivity contribution is 5.97. The summed E-state index contributed by atoms with van der Waals surface area (Å²) in [6.45, 7) is 1.88. The maximum atomic E-state index is 12.5. The molecule has 1 saturated carbocycles. The van der Waals surface area contributed by atoms with Gasteiger partial charge in [-0.1, -0.05) is 36.4 Å². The van der Waals surface area contributed by atoms with E-state index in [9.17, 15) is 14.7 Å². The van der Waals surface area contributed by atoms with Gasteiger partial charge in [0.1, 0.15) is 0 Å². The van der Waals surface area contributed by atoms with Crippen LogP contribution in [0.1, 0.15) is 47.7 Å². The molecule has 2 aromatic rings. The number of amides is 2. The summed E-state index contributed by atoms with van der Waals surface area (Å²) in [7, 11) is 0. The largest absolute Gasteiger partial charge is 0.388 e. The number of rotatable bonds is 7. The molecule has 3 N–H and O–H groups in total. The average Bonchev–Trinajstić information content (AvgIpc) is 3.58. The number of hydrogen-bond donors (Lipinski definition) is 3. The van der Waals surface area contributed by atoms with Gasteiger partial charge < -0.3 is 15.7 Å². The van der Waals surface area contributed by atoms with Crippen LogP contribution in [0.25, 0.3) is 0 Å². The Morgan fingerprint density at radius 3 is 2.43 bits per heavy atom. The molecule has 1 aliphatic heterocycles. The molecule has 0 unspecified atom stereocenters. The molecule has 0 spiro atoms. The molecule has 6 nitrogen and oxygen atoms in total. The lowest BCUT2D eigenvalue weighted by Gasteiger charge is -2.34. The molecule has 1 atom stereocenters. The summed E-state index contributed by atoms with van der Waals surface area (Å²) in [4.78, 5) is 26.8. The van der Waals surface area contributed by atoms with E-state index in [1.807, 2.05) is 30.3 Å². The molecular weight excluding hydrogens is 378 g/mol. The predicted molar refractivity (Wildman–Crippen MR) is 116 cm³/mol. The van der Waals surface area contributed by atoms with Crippen molar-refractivity contribution >= 4 is 17.5 Å². The normalized spacial score (nSPS) is 18.6. The Morgan fingerprint density at radius 1 is 1.00 bits per heavy atom. The number of aliphatic hydroxyl groups excluding tert-OH is 1. The van der Waals surface area contributed by atoms with Gasteiger partial charge in [-0.25, -0.2) is 0 Å². The van der Waals surface area contributed by atoms with E-state index in [1.54, 1.807) is 24.3 Å². The van der Waals surface area contributed by atoms with Gasteiger partial charge in [0.25, 0.3) is 5.91 Å². The van der Waals surface area contributed by atoms with Crippen molar-refractivity contribution in [1.82, 2.24) is 10.2 Å². The highest BCUT2D eigenvalue weighted by atomic mass is 16.3. The second-order valence-electron chi connectivity index (χ2n) is 8.35. The molecule has 0 aromatic heterocycles. The van der Waals surface area contributed by atoms with Crippen molar-refractivity contribution in [2.24, 2.45) is 5.92 Å². The van der Waals surface area contributed by atoms with Crippen LogP contribution < -0.4 is 10.6 Å². The fourth-order valence-corrected chi connectivity index (χ4v) is 3.99. The summed E-state index contributed by atoms with van der Waals surface area (Å²) in [5.74, 6) is 0.0397. The van der Waals surface area contributed by atoms with Crippen LogP contribution in [-0.4, -0.2) is 47.5 Å². The number of piperidine rings is 1. The SMILES string of the molecule is O=C(CN1CCC([C@H](O)c2ccccc2)CC1)Nc1cccc(C(=O)NC2CC2)c1. The number of carbonyl (C=O) groups excluding carboxylic acids is 2. The van der Waals surface area contributed by atoms with Crippen molar-refractivity contribution in [3.05, 3.63) is 65.7 Å². The van der Waals surface area contributed by atoms with E-state index in [4.69, 9.17) is 0 Å². The standard InChI is InChI=1S/C24H29N3O3/c28-22(25-21-8-4-7-19(15-21)24(30)26-20-9-10-20)16-27-13-11-18(12-14-27)23(29)17-5-2-1-3-6-17/h1-8,15,18,20,23,29H,9-14,16H2,(H,25,28)(H,26,30)/t23-/m1/s1. The maximum Gasteiger partial charge on any atom is 0.251 e. The van der Waals surface area contributed by atoms with Gasteiger partial charge in [-0.15, -0.1) is 0 Å². The Labute approximate surface area is 177 Å². The first-order valence-electron chi connectivity index (χ1n) is 10.7. The topological polar surface area (TPSA) is 81.7 Å². The number of aliphatic hydroxyl groups is 1. The molecular formula is C24H29N3O3. The minimum atomic E-state index is -0.452. The molecule has 4 rings (SSSR count). The molecule has 2 aromatic carbocycles. The van der Waals surface area contributed by atoms with E-state index in [0.29, 0.717) is 23.8 Å². The van der Waals surface area contributed by atoms with Gasteiger partial charge >= 0.3 is 0 Å². The van der Waals surface area contributed by atoms with E-state index in [0.717, 1.165) is 44.3 Å². The van der Waals surface area contributed by atoms with E-state index in [2.05, 4.69) is 15.5 Å². The van der Waals surface area contributed by atoms with Crippen LogP contribution in [0.2, 0.25) is 0 Å². The van der Waals surface area contributed by atoms with Crippen molar-refractivity contribution in [3.63, 3.8) is 0 Å². The van der Waals surface area contributed by atoms with Gasteiger partial charge in [0.2, 0.25) is 5.91 Å². The first kappa shape index (κ1) is 20.6. The lowest BCUT2D eigenvalue weighted by atomic mass is 9.87. The maximum absolute atomic E-state index is 12.5. The Bertz CT molecular complexity index is 874. The van der Waals surface area contributed by atoms with E-state index in [-0.39, 0.29) is 17.7 Å². The summed E-state index contributed by atoms with van der Waals surface area (Å²) in [6, 6.07) is 17.1. The zero-order valence-corrected chi connectivity index (χ0v) is 17.1. The third-order valence-electron chi connectivity index (χ3n) is 5.91. The summed E-state index contributed by atoms with van der Waals surface area (Å²) >= 11 is 0. The molecule has 158 valence electrons. The van der Waals surface area contributed by atoms with Gasteiger partial charge in [0.05, 0.1) is 12.6 Å². The molecule has 0 bridgehead atoms. The van der Waals surface area contributed by atoms with Crippen molar-refractivity contribution in [1.29, 1.82) is 0 Å². The van der Waals surface area contributed by atoms with Gasteiger partial charge in [0.15, 0.2) is 0 Å². The third-order valence-corrected chi connectivity index (χ3v) is 5.91. The first-order valence-corrected chi connectivity index (χ1v) is 10.7. The van der Waals surface area contributed by atoms with Crippen molar-refractivity contribution in [2.75, 3.05) is 25.0 Å². The predicted octanol–water partition coefficient (Wildman–Crippen LogP) is 2.96. The average molecular weight is 408 g/mol. The Hall–Kier alpha value is -2.70. The van der Waals surface area contributed by atoms with Crippen LogP contribution in [0.3, 0.4) is 0 Å². The highest BCUT2D eigenvalue weighted by Crippen LogP contribution is 2.30. The smallest absolute Gasteiger partial charge is 0.251 e. The summed E-state index contributed by atoms with van der Waals surface area (Å²) in [5, 5.41) is 16.5. The number of nitrogens with one attached hydrogen (secondary N) is 2. The molecule has 1 saturated heterocycles. The fourth-order valence-electron chi connectivity index (χ4n) is 3.99. The van der Waals surface area contributed by atoms with Gasteiger partial charge in [0, 0.05) is 17.3 Å². The van der Waals surface area contributed by atoms with Crippen LogP contribution in [0.4, 0.5) is 5.69 Å². The molecule has 2 aliphatic rings. The zero-order valence-electron chi connectivity index (χ0n) is 17.1. The number of benzene rings is 2. The lowest BCUT2D eigenvalue weighted by Crippen LogP contribution is -2.40. The lowest BCUT2D eigenvalue weighted by molar-refractivity contribution is -0.117. The monoisotopic (exact) mass is 407 g/mol. The van der Waals surface area contributed by atoms with Gasteiger partial charge in [-0.05, 0) is 68.5 Å². The van der Waals surface area contributed by atoms with Crippen molar-refractivity contribution in [3.8, 4) is 0 Å². The Balaban J connectivity index is 1.24. The minimum absolute atomic E-state index is 0.0863. The summed E-state index contributed by atoms with van der Waals surface area (Å²) in [6.07, 6.45) is 3.36. The second-order valence-corrected chi connectivity index (χ2v) is 8.35. The Morgan fingerprint density at radius 2 is 1.73 bits per heavy atom. The fraction of sp³-hybridized carbons (Fsp3) is 0.417. The minimum Gasteiger partial charge on any atom is -0.388 e. The van der Waals surface area contributed by atoms with Crippen LogP contribution in [0, 0.1) is 5.92 Å². The van der Waals surface area contributed by atoms with Crippen LogP contribution in [-0.2, 0) is 4.79 Å². The zero-order chi connectivity index (χ0) is 20.9. The quantitative estimate of drug-likeness (QED) is 0.659. The third kappa shape index (κ3) is 5.46. The second kappa shape index (κ2) is 9.41. The molecule has 6 heteroatoms. The molecule has 30 heavy (non-hydrogen) atoms. The molecule has 0 radical (unpaired) electrons. The van der Waals surface area contributed by atoms with Gasteiger partial charge in [-0.2, -0.15) is 0 Å². The highest BCUT2D eigenvalue weighted by Gasteiger charge is 2.27. The van der Waals surface area contributed by atoms with Crippen LogP contribution in [0.5, 0.6) is 0 Å². The molecule has 2 amide bonds. The Kier molecular flexibility index (Phi) is 6.45. The number of nitrogens with zero attached hydrogens (tertiary/aromatic N) is 1. The number of hydrogen-bond acceptors (Lipinski definition) is 4. The molecule has 1 aliphatic carbocycles. The van der Waals surface area contributed by atoms with Crippen LogP contribution in [0.15, 0.2) is 54.6 Å². The molecule has 1 heterocycles. The summed E-state index contributed by atoms with van der Waals surface area (Å²) in [5.41, 5.74) is 2.16. The van der Waals surface area contributed by atoms with E-state index in [1.165, 1.54) is 0 Å². The number of anilines is 1. The van der Waals surface area contributed by atoms with Crippen molar-refractivity contribution < 1.29 is 14.7 Å². The summed E-state index contributed by atoms with van der Waals surface area (Å²) < 4.78 is 0. The molecule has 2 fully saturated rings. The van der Waals surface area contributed by atoms with Crippen molar-refractivity contribution in [2.45, 2.75) is 37.8 Å². The number of carbonyl (C=O) groups is 2. The number of likely N-dealkylation sites (tertiary alicyclic amines) is 1. The van der Waals surface area contributed by atoms with E-state index < -0.39 is 6.10 Å². The first-order chi connectivity index (χ1) is 14.6.